The van der Waals surface area contributed by atoms with Crippen molar-refractivity contribution < 1.29 is 14.3 Å². The Bertz CT molecular complexity index is 943. The summed E-state index contributed by atoms with van der Waals surface area (Å²) in [5.41, 5.74) is 1.74. The molecular weight excluding hydrogens is 384 g/mol. The molecule has 29 heavy (non-hydrogen) atoms. The summed E-state index contributed by atoms with van der Waals surface area (Å²) in [6.45, 7) is 6.00. The van der Waals surface area contributed by atoms with Gasteiger partial charge < -0.3 is 10.1 Å². The Morgan fingerprint density at radius 2 is 2.03 bits per heavy atom. The Morgan fingerprint density at radius 1 is 1.31 bits per heavy atom. The maximum absolute atomic E-state index is 12.7. The molecule has 0 spiro atoms. The molecule has 152 valence electrons. The van der Waals surface area contributed by atoms with Crippen LogP contribution in [0, 0.1) is 17.2 Å². The van der Waals surface area contributed by atoms with E-state index in [1.54, 1.807) is 6.92 Å². The number of amides is 1. The minimum absolute atomic E-state index is 0.112. The van der Waals surface area contributed by atoms with Crippen LogP contribution in [0.1, 0.15) is 60.0 Å². The van der Waals surface area contributed by atoms with E-state index in [-0.39, 0.29) is 18.4 Å². The number of fused-ring (bicyclic) bond motifs is 1. The fourth-order valence-corrected chi connectivity index (χ4v) is 5.21. The molecule has 0 saturated carbocycles. The van der Waals surface area contributed by atoms with E-state index in [0.717, 1.165) is 16.0 Å². The molecule has 0 saturated heterocycles. The average molecular weight is 411 g/mol. The minimum atomic E-state index is -0.621. The number of nitrogens with zero attached hydrogens (tertiary/aromatic N) is 1. The number of ether oxygens (including phenoxy) is 1. The predicted octanol–water partition coefficient (Wildman–Crippen LogP) is 4.86. The summed E-state index contributed by atoms with van der Waals surface area (Å²) in [5, 5.41) is 13.5. The monoisotopic (exact) mass is 410 g/mol. The zero-order valence-corrected chi connectivity index (χ0v) is 17.9. The van der Waals surface area contributed by atoms with Crippen molar-refractivity contribution in [3.8, 4) is 6.07 Å². The van der Waals surface area contributed by atoms with Crippen molar-refractivity contribution in [1.82, 2.24) is 0 Å². The minimum Gasteiger partial charge on any atom is -0.462 e. The van der Waals surface area contributed by atoms with Gasteiger partial charge in [0.2, 0.25) is 5.91 Å². The molecule has 1 aromatic carbocycles. The second kappa shape index (κ2) is 8.79. The lowest BCUT2D eigenvalue weighted by Gasteiger charge is -2.31. The van der Waals surface area contributed by atoms with Gasteiger partial charge in [-0.25, -0.2) is 4.79 Å². The summed E-state index contributed by atoms with van der Waals surface area (Å²) in [5.74, 6) is -0.298. The van der Waals surface area contributed by atoms with E-state index in [0.29, 0.717) is 36.2 Å². The van der Waals surface area contributed by atoms with Crippen LogP contribution >= 0.6 is 11.3 Å². The van der Waals surface area contributed by atoms with Crippen LogP contribution in [0.4, 0.5) is 5.00 Å². The van der Waals surface area contributed by atoms with E-state index in [2.05, 4.69) is 11.4 Å². The number of benzene rings is 1. The SMILES string of the molecule is CCOC(=O)c1c(NC(=O)CC(C)C)sc2c1CCC(C#N)(c1ccccc1)C2. The number of hydrogen-bond donors (Lipinski definition) is 1. The first kappa shape index (κ1) is 21.1. The number of nitriles is 1. The number of anilines is 1. The zero-order chi connectivity index (χ0) is 21.0. The van der Waals surface area contributed by atoms with Crippen LogP contribution in [-0.4, -0.2) is 18.5 Å². The molecule has 1 N–H and O–H groups in total. The topological polar surface area (TPSA) is 79.2 Å². The van der Waals surface area contributed by atoms with Crippen LogP contribution in [0.3, 0.4) is 0 Å². The van der Waals surface area contributed by atoms with Crippen molar-refractivity contribution in [3.05, 3.63) is 51.9 Å². The van der Waals surface area contributed by atoms with Gasteiger partial charge in [-0.05, 0) is 36.8 Å². The van der Waals surface area contributed by atoms with E-state index in [1.807, 2.05) is 44.2 Å². The molecule has 5 nitrogen and oxygen atoms in total. The van der Waals surface area contributed by atoms with Gasteiger partial charge in [0.15, 0.2) is 0 Å². The summed E-state index contributed by atoms with van der Waals surface area (Å²) in [4.78, 5) is 26.0. The fourth-order valence-electron chi connectivity index (χ4n) is 3.84. The lowest BCUT2D eigenvalue weighted by atomic mass is 9.70. The van der Waals surface area contributed by atoms with E-state index in [9.17, 15) is 14.9 Å². The normalized spacial score (nSPS) is 18.0. The number of carbonyl (C=O) groups excluding carboxylic acids is 2. The molecule has 1 amide bonds. The Hall–Kier alpha value is -2.65. The van der Waals surface area contributed by atoms with Gasteiger partial charge in [-0.3, -0.25) is 4.79 Å². The summed E-state index contributed by atoms with van der Waals surface area (Å²) in [6.07, 6.45) is 2.14. The van der Waals surface area contributed by atoms with Gasteiger partial charge in [-0.1, -0.05) is 44.2 Å². The lowest BCUT2D eigenvalue weighted by molar-refractivity contribution is -0.116. The Morgan fingerprint density at radius 3 is 2.66 bits per heavy atom. The number of hydrogen-bond acceptors (Lipinski definition) is 5. The van der Waals surface area contributed by atoms with Crippen LogP contribution in [0.15, 0.2) is 30.3 Å². The number of nitrogens with one attached hydrogen (secondary N) is 1. The van der Waals surface area contributed by atoms with E-state index in [1.165, 1.54) is 11.3 Å². The van der Waals surface area contributed by atoms with Crippen LogP contribution < -0.4 is 5.32 Å². The van der Waals surface area contributed by atoms with Crippen molar-refractivity contribution in [1.29, 1.82) is 5.26 Å². The van der Waals surface area contributed by atoms with Crippen LogP contribution in [0.5, 0.6) is 0 Å². The van der Waals surface area contributed by atoms with Gasteiger partial charge in [0.1, 0.15) is 5.00 Å². The van der Waals surface area contributed by atoms with Crippen LogP contribution in [0.2, 0.25) is 0 Å². The first-order valence-corrected chi connectivity index (χ1v) is 10.8. The number of thiophene rings is 1. The average Bonchev–Trinajstić information content (AvgIpc) is 3.04. The molecule has 0 aliphatic heterocycles. The van der Waals surface area contributed by atoms with Crippen LogP contribution in [0.25, 0.3) is 0 Å². The van der Waals surface area contributed by atoms with Gasteiger partial charge in [-0.2, -0.15) is 5.26 Å². The molecule has 3 rings (SSSR count). The highest BCUT2D eigenvalue weighted by Crippen LogP contribution is 2.45. The number of carbonyl (C=O) groups is 2. The molecule has 1 aliphatic rings. The van der Waals surface area contributed by atoms with Crippen LogP contribution in [-0.2, 0) is 27.8 Å². The summed E-state index contributed by atoms with van der Waals surface area (Å²) >= 11 is 1.40. The molecule has 2 aromatic rings. The third-order valence-corrected chi connectivity index (χ3v) is 6.37. The third-order valence-electron chi connectivity index (χ3n) is 5.22. The Kier molecular flexibility index (Phi) is 6.39. The van der Waals surface area contributed by atoms with Gasteiger partial charge in [0.05, 0.1) is 23.7 Å². The molecule has 1 atom stereocenters. The van der Waals surface area contributed by atoms with E-state index >= 15 is 0 Å². The molecule has 6 heteroatoms. The molecule has 1 heterocycles. The second-order valence-corrected chi connectivity index (χ2v) is 8.92. The maximum Gasteiger partial charge on any atom is 0.341 e. The molecule has 1 unspecified atom stereocenters. The first-order valence-electron chi connectivity index (χ1n) is 9.98. The molecule has 0 radical (unpaired) electrons. The fraction of sp³-hybridized carbons (Fsp3) is 0.435. The second-order valence-electron chi connectivity index (χ2n) is 7.81. The van der Waals surface area contributed by atoms with Gasteiger partial charge in [-0.15, -0.1) is 11.3 Å². The maximum atomic E-state index is 12.7. The highest BCUT2D eigenvalue weighted by Gasteiger charge is 2.40. The number of rotatable bonds is 6. The van der Waals surface area contributed by atoms with Crippen molar-refractivity contribution >= 4 is 28.2 Å². The molecule has 0 bridgehead atoms. The standard InChI is InChI=1S/C23H26N2O3S/c1-4-28-22(27)20-17-10-11-23(14-24,16-8-6-5-7-9-16)13-18(17)29-21(20)25-19(26)12-15(2)3/h5-9,15H,4,10-13H2,1-3H3,(H,25,26). The first-order chi connectivity index (χ1) is 13.9. The van der Waals surface area contributed by atoms with Crippen molar-refractivity contribution in [2.75, 3.05) is 11.9 Å². The zero-order valence-electron chi connectivity index (χ0n) is 17.1. The highest BCUT2D eigenvalue weighted by atomic mass is 32.1. The quantitative estimate of drug-likeness (QED) is 0.690. The Labute approximate surface area is 175 Å². The van der Waals surface area contributed by atoms with Gasteiger partial charge in [0.25, 0.3) is 0 Å². The molecule has 0 fully saturated rings. The summed E-state index contributed by atoms with van der Waals surface area (Å²) in [7, 11) is 0. The Balaban J connectivity index is 2.00. The smallest absolute Gasteiger partial charge is 0.341 e. The van der Waals surface area contributed by atoms with Gasteiger partial charge in [0, 0.05) is 17.7 Å². The van der Waals surface area contributed by atoms with Crippen molar-refractivity contribution in [2.45, 2.75) is 51.9 Å². The van der Waals surface area contributed by atoms with E-state index in [4.69, 9.17) is 4.74 Å². The number of esters is 1. The summed E-state index contributed by atoms with van der Waals surface area (Å²) in [6, 6.07) is 12.3. The van der Waals surface area contributed by atoms with E-state index < -0.39 is 11.4 Å². The summed E-state index contributed by atoms with van der Waals surface area (Å²) < 4.78 is 5.27. The molecule has 1 aliphatic carbocycles. The highest BCUT2D eigenvalue weighted by molar-refractivity contribution is 7.17. The molecular formula is C23H26N2O3S. The van der Waals surface area contributed by atoms with Crippen molar-refractivity contribution in [3.63, 3.8) is 0 Å². The van der Waals surface area contributed by atoms with Gasteiger partial charge >= 0.3 is 5.97 Å². The largest absolute Gasteiger partial charge is 0.462 e. The lowest BCUT2D eigenvalue weighted by Crippen LogP contribution is -2.31. The van der Waals surface area contributed by atoms with Crippen molar-refractivity contribution in [2.24, 2.45) is 5.92 Å². The molecule has 1 aromatic heterocycles. The predicted molar refractivity (Wildman–Crippen MR) is 114 cm³/mol. The third kappa shape index (κ3) is 4.35.